The molecule has 2 fully saturated rings. The van der Waals surface area contributed by atoms with Crippen molar-refractivity contribution in [2.75, 3.05) is 32.7 Å². The summed E-state index contributed by atoms with van der Waals surface area (Å²) >= 11 is 0. The van der Waals surface area contributed by atoms with Crippen LogP contribution in [0, 0.1) is 0 Å². The number of amides is 3. The van der Waals surface area contributed by atoms with Gasteiger partial charge in [0.15, 0.2) is 0 Å². The molecule has 0 bridgehead atoms. The number of hydrogen-bond acceptors (Lipinski definition) is 4. The number of aryl methyl sites for hydroxylation is 2. The molecule has 0 aromatic heterocycles. The first-order chi connectivity index (χ1) is 15.9. The molecule has 1 saturated carbocycles. The lowest BCUT2D eigenvalue weighted by atomic mass is 9.96. The van der Waals surface area contributed by atoms with Gasteiger partial charge in [-0.05, 0) is 61.8 Å². The monoisotopic (exact) mass is 476 g/mol. The first-order valence-electron chi connectivity index (χ1n) is 12.4. The summed E-state index contributed by atoms with van der Waals surface area (Å²) < 4.78 is 27.6. The van der Waals surface area contributed by atoms with E-state index in [-0.39, 0.29) is 18.0 Å². The molecule has 0 atom stereocenters. The Morgan fingerprint density at radius 2 is 1.67 bits per heavy atom. The Morgan fingerprint density at radius 3 is 2.42 bits per heavy atom. The van der Waals surface area contributed by atoms with Crippen molar-refractivity contribution < 1.29 is 18.0 Å². The highest BCUT2D eigenvalue weighted by Gasteiger charge is 2.30. The van der Waals surface area contributed by atoms with Crippen molar-refractivity contribution in [2.45, 2.75) is 75.1 Å². The van der Waals surface area contributed by atoms with Gasteiger partial charge in [0.2, 0.25) is 15.9 Å². The minimum absolute atomic E-state index is 0.0130. The lowest BCUT2D eigenvalue weighted by molar-refractivity contribution is -0.132. The Morgan fingerprint density at radius 1 is 0.939 bits per heavy atom. The number of hydrogen-bond donors (Lipinski definition) is 2. The fourth-order valence-corrected chi connectivity index (χ4v) is 6.59. The third-order valence-electron chi connectivity index (χ3n) is 7.09. The smallest absolute Gasteiger partial charge is 0.315 e. The molecule has 0 radical (unpaired) electrons. The highest BCUT2D eigenvalue weighted by atomic mass is 32.2. The fourth-order valence-electron chi connectivity index (χ4n) is 5.12. The molecule has 3 aliphatic rings. The van der Waals surface area contributed by atoms with Gasteiger partial charge in [0, 0.05) is 45.2 Å². The number of benzene rings is 1. The maximum absolute atomic E-state index is 13.1. The van der Waals surface area contributed by atoms with Crippen molar-refractivity contribution in [2.24, 2.45) is 0 Å². The number of fused-ring (bicyclic) bond motifs is 1. The van der Waals surface area contributed by atoms with Crippen LogP contribution in [0.1, 0.15) is 62.5 Å². The van der Waals surface area contributed by atoms with Gasteiger partial charge >= 0.3 is 6.03 Å². The number of nitrogens with zero attached hydrogens (tertiary/aromatic N) is 2. The van der Waals surface area contributed by atoms with E-state index in [0.717, 1.165) is 37.7 Å². The summed E-state index contributed by atoms with van der Waals surface area (Å²) in [5, 5.41) is 5.85. The summed E-state index contributed by atoms with van der Waals surface area (Å²) in [6.45, 7) is 1.88. The Balaban J connectivity index is 1.17. The van der Waals surface area contributed by atoms with E-state index in [2.05, 4.69) is 10.6 Å². The quantitative estimate of drug-likeness (QED) is 0.591. The third kappa shape index (κ3) is 6.06. The summed E-state index contributed by atoms with van der Waals surface area (Å²) in [5.74, 6) is 0.0130. The van der Waals surface area contributed by atoms with Crippen molar-refractivity contribution in [1.82, 2.24) is 19.8 Å². The van der Waals surface area contributed by atoms with Gasteiger partial charge in [-0.1, -0.05) is 25.3 Å². The van der Waals surface area contributed by atoms with E-state index in [1.54, 1.807) is 11.0 Å². The highest BCUT2D eigenvalue weighted by molar-refractivity contribution is 7.89. The summed E-state index contributed by atoms with van der Waals surface area (Å²) in [6.07, 6.45) is 9.64. The second-order valence-corrected chi connectivity index (χ2v) is 11.3. The Labute approximate surface area is 197 Å². The standard InChI is InChI=1S/C24H36N4O4S/c29-23(10-5-13-25-24(30)26-21-8-2-1-3-9-21)27-14-16-28(17-15-27)33(31,32)22-12-11-19-6-4-7-20(19)18-22/h11-12,18,21H,1-10,13-17H2,(H2,25,26,30). The number of carbonyl (C=O) groups excluding carboxylic acids is 2. The normalized spacial score (nSPS) is 19.8. The highest BCUT2D eigenvalue weighted by Crippen LogP contribution is 2.26. The average molecular weight is 477 g/mol. The molecule has 1 heterocycles. The molecule has 1 saturated heterocycles. The maximum Gasteiger partial charge on any atom is 0.315 e. The summed E-state index contributed by atoms with van der Waals surface area (Å²) in [6, 6.07) is 5.60. The molecule has 1 aromatic rings. The largest absolute Gasteiger partial charge is 0.340 e. The summed E-state index contributed by atoms with van der Waals surface area (Å²) in [5.41, 5.74) is 2.40. The van der Waals surface area contributed by atoms with E-state index in [1.165, 1.54) is 29.1 Å². The van der Waals surface area contributed by atoms with Crippen molar-refractivity contribution in [3.05, 3.63) is 29.3 Å². The van der Waals surface area contributed by atoms with Crippen molar-refractivity contribution >= 4 is 22.0 Å². The first kappa shape index (κ1) is 24.0. The number of nitrogens with one attached hydrogen (secondary N) is 2. The van der Waals surface area contributed by atoms with E-state index in [4.69, 9.17) is 0 Å². The Kier molecular flexibility index (Phi) is 7.90. The number of urea groups is 1. The van der Waals surface area contributed by atoms with Crippen molar-refractivity contribution in [1.29, 1.82) is 0 Å². The van der Waals surface area contributed by atoms with E-state index in [0.29, 0.717) is 50.5 Å². The molecular weight excluding hydrogens is 440 g/mol. The van der Waals surface area contributed by atoms with Crippen LogP contribution in [-0.2, 0) is 27.7 Å². The molecule has 33 heavy (non-hydrogen) atoms. The van der Waals surface area contributed by atoms with Gasteiger partial charge < -0.3 is 15.5 Å². The number of piperazine rings is 1. The van der Waals surface area contributed by atoms with Crippen LogP contribution in [0.3, 0.4) is 0 Å². The predicted octanol–water partition coefficient (Wildman–Crippen LogP) is 2.42. The van der Waals surface area contributed by atoms with Gasteiger partial charge in [-0.3, -0.25) is 4.79 Å². The fraction of sp³-hybridized carbons (Fsp3) is 0.667. The van der Waals surface area contributed by atoms with E-state index in [9.17, 15) is 18.0 Å². The van der Waals surface area contributed by atoms with Crippen LogP contribution < -0.4 is 10.6 Å². The Bertz CT molecular complexity index is 951. The van der Waals surface area contributed by atoms with Crippen LogP contribution in [0.4, 0.5) is 4.79 Å². The van der Waals surface area contributed by atoms with Crippen LogP contribution in [0.25, 0.3) is 0 Å². The van der Waals surface area contributed by atoms with Gasteiger partial charge in [-0.25, -0.2) is 13.2 Å². The molecule has 0 unspecified atom stereocenters. The number of sulfonamides is 1. The molecule has 0 spiro atoms. The molecule has 182 valence electrons. The zero-order valence-electron chi connectivity index (χ0n) is 19.4. The minimum Gasteiger partial charge on any atom is -0.340 e. The van der Waals surface area contributed by atoms with Crippen LogP contribution in [-0.4, -0.2) is 68.3 Å². The SMILES string of the molecule is O=C(NCCCC(=O)N1CCN(S(=O)(=O)c2ccc3c(c2)CCC3)CC1)NC1CCCCC1. The molecule has 8 nitrogen and oxygen atoms in total. The van der Waals surface area contributed by atoms with Gasteiger partial charge in [0.25, 0.3) is 0 Å². The van der Waals surface area contributed by atoms with Gasteiger partial charge in [0.1, 0.15) is 0 Å². The molecule has 1 aromatic carbocycles. The molecule has 4 rings (SSSR count). The van der Waals surface area contributed by atoms with E-state index in [1.807, 2.05) is 12.1 Å². The second-order valence-electron chi connectivity index (χ2n) is 9.41. The van der Waals surface area contributed by atoms with E-state index < -0.39 is 10.0 Å². The van der Waals surface area contributed by atoms with E-state index >= 15 is 0 Å². The number of carbonyl (C=O) groups is 2. The summed E-state index contributed by atoms with van der Waals surface area (Å²) in [7, 11) is -3.53. The maximum atomic E-state index is 13.1. The van der Waals surface area contributed by atoms with Crippen LogP contribution in [0.15, 0.2) is 23.1 Å². The molecule has 2 aliphatic carbocycles. The molecule has 9 heteroatoms. The second kappa shape index (κ2) is 10.9. The number of rotatable bonds is 7. The van der Waals surface area contributed by atoms with Crippen molar-refractivity contribution in [3.63, 3.8) is 0 Å². The van der Waals surface area contributed by atoms with Gasteiger partial charge in [-0.2, -0.15) is 4.31 Å². The average Bonchev–Trinajstić information content (AvgIpc) is 3.30. The van der Waals surface area contributed by atoms with Crippen molar-refractivity contribution in [3.8, 4) is 0 Å². The lowest BCUT2D eigenvalue weighted by Crippen LogP contribution is -2.50. The first-order valence-corrected chi connectivity index (χ1v) is 13.8. The molecular formula is C24H36N4O4S. The zero-order valence-corrected chi connectivity index (χ0v) is 20.2. The Hall–Kier alpha value is -2.13. The topological polar surface area (TPSA) is 98.8 Å². The molecule has 1 aliphatic heterocycles. The lowest BCUT2D eigenvalue weighted by Gasteiger charge is -2.34. The van der Waals surface area contributed by atoms with Gasteiger partial charge in [0.05, 0.1) is 4.90 Å². The van der Waals surface area contributed by atoms with Crippen LogP contribution in [0.2, 0.25) is 0 Å². The molecule has 3 amide bonds. The van der Waals surface area contributed by atoms with Crippen LogP contribution in [0.5, 0.6) is 0 Å². The summed E-state index contributed by atoms with van der Waals surface area (Å²) in [4.78, 5) is 26.6. The van der Waals surface area contributed by atoms with Gasteiger partial charge in [-0.15, -0.1) is 0 Å². The zero-order chi connectivity index (χ0) is 23.3. The van der Waals surface area contributed by atoms with Crippen LogP contribution >= 0.6 is 0 Å². The predicted molar refractivity (Wildman–Crippen MR) is 126 cm³/mol. The molecule has 2 N–H and O–H groups in total. The minimum atomic E-state index is -3.53. The third-order valence-corrected chi connectivity index (χ3v) is 8.99.